The lowest BCUT2D eigenvalue weighted by Crippen LogP contribution is -1.97. The molecule has 18 heavy (non-hydrogen) atoms. The van der Waals surface area contributed by atoms with Gasteiger partial charge in [0, 0.05) is 15.5 Å². The molecule has 0 heterocycles. The molecule has 0 bridgehead atoms. The molecule has 0 unspecified atom stereocenters. The molecule has 0 spiro atoms. The monoisotopic (exact) mass is 373 g/mol. The number of benzene rings is 2. The van der Waals surface area contributed by atoms with Crippen LogP contribution in [0.25, 0.3) is 0 Å². The lowest BCUT2D eigenvalue weighted by molar-refractivity contribution is 0.441. The van der Waals surface area contributed by atoms with Crippen LogP contribution in [0, 0.1) is 5.82 Å². The maximum absolute atomic E-state index is 13.6. The van der Waals surface area contributed by atoms with E-state index in [1.165, 1.54) is 6.07 Å². The molecule has 0 aliphatic heterocycles. The van der Waals surface area contributed by atoms with E-state index in [-0.39, 0.29) is 5.75 Å². The van der Waals surface area contributed by atoms with Gasteiger partial charge in [-0.3, -0.25) is 0 Å². The largest absolute Gasteiger partial charge is 0.454 e. The molecule has 5 heteroatoms. The predicted molar refractivity (Wildman–Crippen MR) is 76.2 cm³/mol. The molecule has 0 amide bonds. The van der Waals surface area contributed by atoms with E-state index >= 15 is 0 Å². The van der Waals surface area contributed by atoms with Gasteiger partial charge in [-0.15, -0.1) is 0 Å². The molecule has 0 aliphatic rings. The minimum Gasteiger partial charge on any atom is -0.454 e. The minimum absolute atomic E-state index is 0.180. The van der Waals surface area contributed by atoms with Crippen LogP contribution in [0.15, 0.2) is 45.3 Å². The standard InChI is InChI=1S/C13H10Br2FNO/c14-9-1-2-13(12(16)6-9)18-11-4-8(7-17)3-10(15)5-11/h1-6H,7,17H2. The molecule has 2 rings (SSSR count). The van der Waals surface area contributed by atoms with Crippen LogP contribution < -0.4 is 10.5 Å². The summed E-state index contributed by atoms with van der Waals surface area (Å²) in [5.74, 6) is 0.309. The number of ether oxygens (including phenoxy) is 1. The highest BCUT2D eigenvalue weighted by Gasteiger charge is 2.06. The van der Waals surface area contributed by atoms with Gasteiger partial charge in [0.1, 0.15) is 5.75 Å². The third-order valence-corrected chi connectivity index (χ3v) is 3.24. The van der Waals surface area contributed by atoms with Gasteiger partial charge < -0.3 is 10.5 Å². The summed E-state index contributed by atoms with van der Waals surface area (Å²) in [6.45, 7) is 0.401. The summed E-state index contributed by atoms with van der Waals surface area (Å²) in [5.41, 5.74) is 6.49. The predicted octanol–water partition coefficient (Wildman–Crippen LogP) is 4.60. The van der Waals surface area contributed by atoms with Gasteiger partial charge in [0.2, 0.25) is 0 Å². The molecule has 0 aromatic heterocycles. The number of hydrogen-bond donors (Lipinski definition) is 1. The van der Waals surface area contributed by atoms with Crippen molar-refractivity contribution >= 4 is 31.9 Å². The Morgan fingerprint density at radius 2 is 1.83 bits per heavy atom. The van der Waals surface area contributed by atoms with E-state index < -0.39 is 5.82 Å². The Morgan fingerprint density at radius 1 is 1.06 bits per heavy atom. The lowest BCUT2D eigenvalue weighted by atomic mass is 10.2. The smallest absolute Gasteiger partial charge is 0.166 e. The molecule has 0 radical (unpaired) electrons. The van der Waals surface area contributed by atoms with Crippen molar-refractivity contribution in [2.45, 2.75) is 6.54 Å². The van der Waals surface area contributed by atoms with Crippen molar-refractivity contribution in [1.82, 2.24) is 0 Å². The van der Waals surface area contributed by atoms with Crippen LogP contribution in [0.2, 0.25) is 0 Å². The van der Waals surface area contributed by atoms with Crippen molar-refractivity contribution in [3.05, 3.63) is 56.7 Å². The summed E-state index contributed by atoms with van der Waals surface area (Å²) in [5, 5.41) is 0. The Kier molecular flexibility index (Phi) is 4.37. The maximum Gasteiger partial charge on any atom is 0.166 e. The second-order valence-electron chi connectivity index (χ2n) is 3.68. The van der Waals surface area contributed by atoms with Gasteiger partial charge in [0.25, 0.3) is 0 Å². The van der Waals surface area contributed by atoms with Gasteiger partial charge in [-0.05, 0) is 42.0 Å². The van der Waals surface area contributed by atoms with Gasteiger partial charge >= 0.3 is 0 Å². The second-order valence-corrected chi connectivity index (χ2v) is 5.51. The molecule has 2 nitrogen and oxygen atoms in total. The normalized spacial score (nSPS) is 10.4. The SMILES string of the molecule is NCc1cc(Br)cc(Oc2ccc(Br)cc2F)c1. The summed E-state index contributed by atoms with van der Waals surface area (Å²) in [7, 11) is 0. The zero-order valence-electron chi connectivity index (χ0n) is 9.29. The Balaban J connectivity index is 2.30. The van der Waals surface area contributed by atoms with Crippen LogP contribution in [0.3, 0.4) is 0 Å². The Labute approximate surface area is 121 Å². The number of rotatable bonds is 3. The van der Waals surface area contributed by atoms with Crippen molar-refractivity contribution in [2.75, 3.05) is 0 Å². The third-order valence-electron chi connectivity index (χ3n) is 2.29. The molecule has 94 valence electrons. The highest BCUT2D eigenvalue weighted by Crippen LogP contribution is 2.29. The van der Waals surface area contributed by atoms with E-state index in [2.05, 4.69) is 31.9 Å². The van der Waals surface area contributed by atoms with Gasteiger partial charge in [-0.2, -0.15) is 0 Å². The first-order chi connectivity index (χ1) is 8.58. The fourth-order valence-electron chi connectivity index (χ4n) is 1.48. The Morgan fingerprint density at radius 3 is 2.50 bits per heavy atom. The quantitative estimate of drug-likeness (QED) is 0.851. The molecule has 2 N–H and O–H groups in total. The fraction of sp³-hybridized carbons (Fsp3) is 0.0769. The number of nitrogens with two attached hydrogens (primary N) is 1. The topological polar surface area (TPSA) is 35.2 Å². The van der Waals surface area contributed by atoms with Gasteiger partial charge in [0.15, 0.2) is 11.6 Å². The van der Waals surface area contributed by atoms with Crippen molar-refractivity contribution in [1.29, 1.82) is 0 Å². The van der Waals surface area contributed by atoms with Crippen LogP contribution >= 0.6 is 31.9 Å². The Hall–Kier alpha value is -0.910. The molecular formula is C13H10Br2FNO. The van der Waals surface area contributed by atoms with Crippen molar-refractivity contribution in [2.24, 2.45) is 5.73 Å². The van der Waals surface area contributed by atoms with E-state index in [1.54, 1.807) is 24.3 Å². The van der Waals surface area contributed by atoms with E-state index in [9.17, 15) is 4.39 Å². The van der Waals surface area contributed by atoms with Crippen molar-refractivity contribution in [3.63, 3.8) is 0 Å². The third kappa shape index (κ3) is 3.31. The molecular weight excluding hydrogens is 365 g/mol. The first kappa shape index (κ1) is 13.5. The van der Waals surface area contributed by atoms with Crippen molar-refractivity contribution in [3.8, 4) is 11.5 Å². The summed E-state index contributed by atoms with van der Waals surface area (Å²) >= 11 is 6.56. The van der Waals surface area contributed by atoms with Crippen LogP contribution in [-0.2, 0) is 6.54 Å². The van der Waals surface area contributed by atoms with E-state index in [0.29, 0.717) is 16.8 Å². The van der Waals surface area contributed by atoms with Gasteiger partial charge in [0.05, 0.1) is 0 Å². The highest BCUT2D eigenvalue weighted by atomic mass is 79.9. The second kappa shape index (κ2) is 5.82. The number of halogens is 3. The van der Waals surface area contributed by atoms with E-state index in [0.717, 1.165) is 10.0 Å². The zero-order valence-corrected chi connectivity index (χ0v) is 12.5. The summed E-state index contributed by atoms with van der Waals surface area (Å²) in [6.07, 6.45) is 0. The molecule has 2 aromatic rings. The van der Waals surface area contributed by atoms with Crippen LogP contribution in [0.4, 0.5) is 4.39 Å². The van der Waals surface area contributed by atoms with Crippen LogP contribution in [-0.4, -0.2) is 0 Å². The average Bonchev–Trinajstić information content (AvgIpc) is 2.32. The lowest BCUT2D eigenvalue weighted by Gasteiger charge is -2.09. The molecule has 0 atom stereocenters. The average molecular weight is 375 g/mol. The fourth-order valence-corrected chi connectivity index (χ4v) is 2.34. The summed E-state index contributed by atoms with van der Waals surface area (Å²) < 4.78 is 20.6. The molecule has 2 aromatic carbocycles. The van der Waals surface area contributed by atoms with Gasteiger partial charge in [-0.1, -0.05) is 31.9 Å². The van der Waals surface area contributed by atoms with Crippen LogP contribution in [0.5, 0.6) is 11.5 Å². The maximum atomic E-state index is 13.6. The van der Waals surface area contributed by atoms with E-state index in [1.807, 2.05) is 6.07 Å². The van der Waals surface area contributed by atoms with Crippen molar-refractivity contribution < 1.29 is 9.13 Å². The number of hydrogen-bond acceptors (Lipinski definition) is 2. The molecule has 0 aliphatic carbocycles. The molecule has 0 saturated heterocycles. The highest BCUT2D eigenvalue weighted by molar-refractivity contribution is 9.10. The molecule has 0 saturated carbocycles. The summed E-state index contributed by atoms with van der Waals surface area (Å²) in [6, 6.07) is 10.1. The Bertz CT molecular complexity index is 575. The van der Waals surface area contributed by atoms with Crippen LogP contribution in [0.1, 0.15) is 5.56 Å². The van der Waals surface area contributed by atoms with Gasteiger partial charge in [-0.25, -0.2) is 4.39 Å². The first-order valence-corrected chi connectivity index (χ1v) is 6.79. The molecule has 0 fully saturated rings. The zero-order chi connectivity index (χ0) is 13.1. The summed E-state index contributed by atoms with van der Waals surface area (Å²) in [4.78, 5) is 0. The minimum atomic E-state index is -0.418. The first-order valence-electron chi connectivity index (χ1n) is 5.21. The van der Waals surface area contributed by atoms with E-state index in [4.69, 9.17) is 10.5 Å².